The van der Waals surface area contributed by atoms with Crippen molar-refractivity contribution >= 4 is 44.5 Å². The largest absolute Gasteiger partial charge is 0.462 e. The highest BCUT2D eigenvalue weighted by molar-refractivity contribution is 9.10. The molecule has 4 aromatic rings. The summed E-state index contributed by atoms with van der Waals surface area (Å²) in [4.78, 5) is 30.0. The van der Waals surface area contributed by atoms with Crippen LogP contribution in [0.4, 0.5) is 5.82 Å². The Hall–Kier alpha value is -3.52. The summed E-state index contributed by atoms with van der Waals surface area (Å²) in [7, 11) is 0. The maximum Gasteiger partial charge on any atom is 0.343 e. The Balaban J connectivity index is 1.80. The lowest BCUT2D eigenvalue weighted by Crippen LogP contribution is -2.18. The Morgan fingerprint density at radius 3 is 2.61 bits per heavy atom. The van der Waals surface area contributed by atoms with Crippen molar-refractivity contribution in [2.45, 2.75) is 13.8 Å². The van der Waals surface area contributed by atoms with E-state index in [1.165, 1.54) is 10.9 Å². The zero-order valence-corrected chi connectivity index (χ0v) is 18.5. The molecular weight excluding hydrogens is 460 g/mol. The molecule has 31 heavy (non-hydrogen) atoms. The van der Waals surface area contributed by atoms with Crippen LogP contribution >= 0.6 is 15.9 Å². The van der Waals surface area contributed by atoms with E-state index in [-0.39, 0.29) is 23.9 Å². The van der Waals surface area contributed by atoms with Crippen LogP contribution in [0.3, 0.4) is 0 Å². The zero-order chi connectivity index (χ0) is 22.0. The van der Waals surface area contributed by atoms with Crippen molar-refractivity contribution in [3.63, 3.8) is 0 Å². The minimum Gasteiger partial charge on any atom is -0.462 e. The SMILES string of the molecule is CCOC(=O)c1cnn(-c2cc(C)c3ccccc3n2)c1NC(=O)c1ccc(Br)cc1. The van der Waals surface area contributed by atoms with E-state index >= 15 is 0 Å². The molecule has 0 aliphatic rings. The van der Waals surface area contributed by atoms with E-state index in [9.17, 15) is 9.59 Å². The predicted octanol–water partition coefficient (Wildman–Crippen LogP) is 4.92. The minimum absolute atomic E-state index is 0.153. The summed E-state index contributed by atoms with van der Waals surface area (Å²) in [6.45, 7) is 3.90. The Labute approximate surface area is 187 Å². The van der Waals surface area contributed by atoms with Crippen LogP contribution in [0.15, 0.2) is 65.3 Å². The fourth-order valence-corrected chi connectivity index (χ4v) is 3.49. The number of hydrogen-bond donors (Lipinski definition) is 1. The van der Waals surface area contributed by atoms with Gasteiger partial charge in [-0.25, -0.2) is 9.78 Å². The van der Waals surface area contributed by atoms with Gasteiger partial charge in [0.1, 0.15) is 5.56 Å². The number of nitrogens with zero attached hydrogens (tertiary/aromatic N) is 3. The molecule has 0 aliphatic heterocycles. The van der Waals surface area contributed by atoms with Crippen molar-refractivity contribution in [1.29, 1.82) is 0 Å². The molecule has 0 atom stereocenters. The monoisotopic (exact) mass is 478 g/mol. The van der Waals surface area contributed by atoms with E-state index in [2.05, 4.69) is 31.3 Å². The first-order valence-corrected chi connectivity index (χ1v) is 10.5. The number of aryl methyl sites for hydroxylation is 1. The average Bonchev–Trinajstić information content (AvgIpc) is 3.18. The van der Waals surface area contributed by atoms with Gasteiger partial charge >= 0.3 is 5.97 Å². The van der Waals surface area contributed by atoms with Gasteiger partial charge in [0, 0.05) is 15.4 Å². The molecule has 0 bridgehead atoms. The standard InChI is InChI=1S/C23H19BrN4O3/c1-3-31-23(30)18-13-25-28(20-12-14(2)17-6-4-5-7-19(17)26-20)21(18)27-22(29)15-8-10-16(24)11-9-15/h4-13H,3H2,1-2H3,(H,27,29). The highest BCUT2D eigenvalue weighted by Gasteiger charge is 2.23. The molecule has 0 spiro atoms. The van der Waals surface area contributed by atoms with Gasteiger partial charge in [-0.3, -0.25) is 4.79 Å². The second kappa shape index (κ2) is 8.69. The van der Waals surface area contributed by atoms with Crippen LogP contribution in [0.1, 0.15) is 33.2 Å². The summed E-state index contributed by atoms with van der Waals surface area (Å²) in [5.41, 5.74) is 2.38. The number of nitrogens with one attached hydrogen (secondary N) is 1. The third-order valence-electron chi connectivity index (χ3n) is 4.73. The number of pyridine rings is 1. The van der Waals surface area contributed by atoms with Crippen LogP contribution in [0.5, 0.6) is 0 Å². The number of halogens is 1. The molecule has 1 amide bonds. The minimum atomic E-state index is -0.572. The smallest absolute Gasteiger partial charge is 0.343 e. The lowest BCUT2D eigenvalue weighted by atomic mass is 10.1. The fraction of sp³-hybridized carbons (Fsp3) is 0.130. The Bertz CT molecular complexity index is 1280. The van der Waals surface area contributed by atoms with E-state index in [4.69, 9.17) is 4.74 Å². The summed E-state index contributed by atoms with van der Waals surface area (Å²) in [6, 6.07) is 16.5. The number of ether oxygens (including phenoxy) is 1. The third-order valence-corrected chi connectivity index (χ3v) is 5.26. The molecule has 0 saturated heterocycles. The topological polar surface area (TPSA) is 86.1 Å². The molecular formula is C23H19BrN4O3. The van der Waals surface area contributed by atoms with Crippen LogP contribution < -0.4 is 5.32 Å². The van der Waals surface area contributed by atoms with E-state index in [0.29, 0.717) is 11.4 Å². The third kappa shape index (κ3) is 4.20. The number of carbonyl (C=O) groups is 2. The zero-order valence-electron chi connectivity index (χ0n) is 16.9. The van der Waals surface area contributed by atoms with Gasteiger partial charge in [0.25, 0.3) is 5.91 Å². The predicted molar refractivity (Wildman–Crippen MR) is 122 cm³/mol. The highest BCUT2D eigenvalue weighted by Crippen LogP contribution is 2.25. The number of esters is 1. The first-order chi connectivity index (χ1) is 15.0. The summed E-state index contributed by atoms with van der Waals surface area (Å²) < 4.78 is 7.45. The summed E-state index contributed by atoms with van der Waals surface area (Å²) >= 11 is 3.36. The number of hydrogen-bond acceptors (Lipinski definition) is 5. The lowest BCUT2D eigenvalue weighted by molar-refractivity contribution is 0.0527. The first kappa shape index (κ1) is 20.7. The molecule has 0 radical (unpaired) electrons. The van der Waals surface area contributed by atoms with Crippen molar-refractivity contribution < 1.29 is 14.3 Å². The fourth-order valence-electron chi connectivity index (χ4n) is 3.22. The Kier molecular flexibility index (Phi) is 5.81. The quantitative estimate of drug-likeness (QED) is 0.411. The van der Waals surface area contributed by atoms with E-state index in [1.54, 1.807) is 31.2 Å². The number of rotatable bonds is 5. The Morgan fingerprint density at radius 2 is 1.87 bits per heavy atom. The van der Waals surface area contributed by atoms with E-state index < -0.39 is 5.97 Å². The second-order valence-electron chi connectivity index (χ2n) is 6.81. The van der Waals surface area contributed by atoms with Crippen molar-refractivity contribution in [1.82, 2.24) is 14.8 Å². The van der Waals surface area contributed by atoms with Crippen LogP contribution in [-0.4, -0.2) is 33.2 Å². The number of aromatic nitrogens is 3. The molecule has 0 fully saturated rings. The number of carbonyl (C=O) groups excluding carboxylic acids is 2. The summed E-state index contributed by atoms with van der Waals surface area (Å²) in [6.07, 6.45) is 1.38. The van der Waals surface area contributed by atoms with Gasteiger partial charge in [-0.15, -0.1) is 0 Å². The first-order valence-electron chi connectivity index (χ1n) is 9.66. The molecule has 1 N–H and O–H groups in total. The van der Waals surface area contributed by atoms with Crippen LogP contribution in [-0.2, 0) is 4.74 Å². The molecule has 0 saturated carbocycles. The van der Waals surface area contributed by atoms with Gasteiger partial charge in [0.2, 0.25) is 0 Å². The van der Waals surface area contributed by atoms with Gasteiger partial charge < -0.3 is 10.1 Å². The maximum atomic E-state index is 12.9. The maximum absolute atomic E-state index is 12.9. The molecule has 8 heteroatoms. The van der Waals surface area contributed by atoms with Gasteiger partial charge in [0.05, 0.1) is 18.3 Å². The number of fused-ring (bicyclic) bond motifs is 1. The van der Waals surface area contributed by atoms with Crippen molar-refractivity contribution in [3.05, 3.63) is 82.0 Å². The van der Waals surface area contributed by atoms with Gasteiger partial charge in [-0.05, 0) is 55.8 Å². The van der Waals surface area contributed by atoms with Crippen molar-refractivity contribution in [3.8, 4) is 5.82 Å². The summed E-state index contributed by atoms with van der Waals surface area (Å²) in [5, 5.41) is 8.15. The second-order valence-corrected chi connectivity index (χ2v) is 7.73. The molecule has 0 unspecified atom stereocenters. The van der Waals surface area contributed by atoms with E-state index in [0.717, 1.165) is 20.9 Å². The van der Waals surface area contributed by atoms with Gasteiger partial charge in [-0.1, -0.05) is 34.1 Å². The number of benzene rings is 2. The number of amides is 1. The van der Waals surface area contributed by atoms with Gasteiger partial charge in [-0.2, -0.15) is 9.78 Å². The molecule has 2 aromatic carbocycles. The molecule has 2 aromatic heterocycles. The molecule has 0 aliphatic carbocycles. The summed E-state index contributed by atoms with van der Waals surface area (Å²) in [5.74, 6) is -0.263. The molecule has 7 nitrogen and oxygen atoms in total. The molecule has 2 heterocycles. The average molecular weight is 479 g/mol. The Morgan fingerprint density at radius 1 is 1.13 bits per heavy atom. The normalized spacial score (nSPS) is 10.8. The van der Waals surface area contributed by atoms with Crippen LogP contribution in [0.25, 0.3) is 16.7 Å². The molecule has 156 valence electrons. The number of para-hydroxylation sites is 1. The van der Waals surface area contributed by atoms with Gasteiger partial charge in [0.15, 0.2) is 11.6 Å². The highest BCUT2D eigenvalue weighted by atomic mass is 79.9. The van der Waals surface area contributed by atoms with Crippen molar-refractivity contribution in [2.24, 2.45) is 0 Å². The molecule has 4 rings (SSSR count). The van der Waals surface area contributed by atoms with Crippen LogP contribution in [0, 0.1) is 6.92 Å². The van der Waals surface area contributed by atoms with E-state index in [1.807, 2.05) is 37.3 Å². The lowest BCUT2D eigenvalue weighted by Gasteiger charge is -2.12. The number of anilines is 1. The van der Waals surface area contributed by atoms with Crippen LogP contribution in [0.2, 0.25) is 0 Å². The van der Waals surface area contributed by atoms with Crippen molar-refractivity contribution in [2.75, 3.05) is 11.9 Å².